The van der Waals surface area contributed by atoms with Gasteiger partial charge in [-0.25, -0.2) is 4.68 Å². The van der Waals surface area contributed by atoms with Crippen LogP contribution in [0.4, 0.5) is 5.69 Å². The molecule has 0 amide bonds. The molecule has 2 N–H and O–H groups in total. The Morgan fingerprint density at radius 1 is 1.29 bits per heavy atom. The molecule has 5 heteroatoms. The van der Waals surface area contributed by atoms with Crippen molar-refractivity contribution in [2.75, 3.05) is 5.73 Å². The molecule has 1 aromatic carbocycles. The van der Waals surface area contributed by atoms with Gasteiger partial charge in [-0.2, -0.15) is 0 Å². The van der Waals surface area contributed by atoms with Gasteiger partial charge in [-0.1, -0.05) is 18.6 Å². The minimum atomic E-state index is 0.743. The fraction of sp³-hybridized carbons (Fsp3) is 0.562. The van der Waals surface area contributed by atoms with Crippen molar-refractivity contribution < 1.29 is 0 Å². The van der Waals surface area contributed by atoms with Gasteiger partial charge in [0.2, 0.25) is 0 Å². The molecule has 2 fully saturated rings. The SMILES string of the molecule is Cc1c(N)cccc1-c1nnnn1CC1CC2CCC1C2. The molecule has 0 saturated heterocycles. The zero-order valence-electron chi connectivity index (χ0n) is 12.4. The fourth-order valence-corrected chi connectivity index (χ4v) is 4.24. The molecule has 110 valence electrons. The molecule has 2 aliphatic carbocycles. The van der Waals surface area contributed by atoms with E-state index in [1.165, 1.54) is 25.7 Å². The van der Waals surface area contributed by atoms with E-state index >= 15 is 0 Å². The Hall–Kier alpha value is -1.91. The van der Waals surface area contributed by atoms with Crippen LogP contribution in [0.5, 0.6) is 0 Å². The van der Waals surface area contributed by atoms with Gasteiger partial charge >= 0.3 is 0 Å². The van der Waals surface area contributed by atoms with E-state index < -0.39 is 0 Å². The summed E-state index contributed by atoms with van der Waals surface area (Å²) in [7, 11) is 0. The highest BCUT2D eigenvalue weighted by molar-refractivity contribution is 5.67. The predicted molar refractivity (Wildman–Crippen MR) is 81.3 cm³/mol. The first kappa shape index (κ1) is 12.8. The lowest BCUT2D eigenvalue weighted by Crippen LogP contribution is -2.19. The van der Waals surface area contributed by atoms with Crippen molar-refractivity contribution >= 4 is 5.69 Å². The molecule has 2 aliphatic rings. The van der Waals surface area contributed by atoms with Gasteiger partial charge in [-0.05, 0) is 66.0 Å². The molecule has 1 aromatic heterocycles. The Labute approximate surface area is 124 Å². The minimum Gasteiger partial charge on any atom is -0.398 e. The quantitative estimate of drug-likeness (QED) is 0.879. The van der Waals surface area contributed by atoms with E-state index in [2.05, 4.69) is 21.6 Å². The maximum Gasteiger partial charge on any atom is 0.182 e. The van der Waals surface area contributed by atoms with Crippen LogP contribution in [-0.2, 0) is 6.54 Å². The summed E-state index contributed by atoms with van der Waals surface area (Å²) in [6.07, 6.45) is 5.58. The van der Waals surface area contributed by atoms with Crippen molar-refractivity contribution in [3.63, 3.8) is 0 Å². The number of fused-ring (bicyclic) bond motifs is 2. The molecule has 1 heterocycles. The molecule has 2 saturated carbocycles. The minimum absolute atomic E-state index is 0.743. The molecule has 0 radical (unpaired) electrons. The van der Waals surface area contributed by atoms with Crippen molar-refractivity contribution in [3.8, 4) is 11.4 Å². The summed E-state index contributed by atoms with van der Waals surface area (Å²) < 4.78 is 1.98. The summed E-state index contributed by atoms with van der Waals surface area (Å²) in [5, 5.41) is 12.4. The van der Waals surface area contributed by atoms with Crippen LogP contribution >= 0.6 is 0 Å². The topological polar surface area (TPSA) is 69.6 Å². The smallest absolute Gasteiger partial charge is 0.182 e. The molecule has 4 rings (SSSR count). The molecule has 2 bridgehead atoms. The second-order valence-corrected chi connectivity index (χ2v) is 6.64. The predicted octanol–water partition coefficient (Wildman–Crippen LogP) is 2.67. The first-order valence-corrected chi connectivity index (χ1v) is 7.84. The maximum atomic E-state index is 6.01. The van der Waals surface area contributed by atoms with Gasteiger partial charge in [-0.15, -0.1) is 5.10 Å². The summed E-state index contributed by atoms with van der Waals surface area (Å²) in [4.78, 5) is 0. The Bertz CT molecular complexity index is 662. The molecule has 3 atom stereocenters. The average molecular weight is 283 g/mol. The lowest BCUT2D eigenvalue weighted by Gasteiger charge is -2.21. The van der Waals surface area contributed by atoms with Gasteiger partial charge < -0.3 is 5.73 Å². The van der Waals surface area contributed by atoms with E-state index in [4.69, 9.17) is 5.73 Å². The van der Waals surface area contributed by atoms with Crippen molar-refractivity contribution in [1.29, 1.82) is 0 Å². The highest BCUT2D eigenvalue weighted by Gasteiger charge is 2.39. The first-order valence-electron chi connectivity index (χ1n) is 7.84. The number of nitrogen functional groups attached to an aromatic ring is 1. The molecular formula is C16H21N5. The van der Waals surface area contributed by atoms with Crippen LogP contribution in [0.1, 0.15) is 31.2 Å². The Morgan fingerprint density at radius 2 is 2.19 bits per heavy atom. The molecule has 21 heavy (non-hydrogen) atoms. The number of tetrazole rings is 1. The van der Waals surface area contributed by atoms with E-state index in [0.29, 0.717) is 0 Å². The Kier molecular flexibility index (Phi) is 2.94. The molecule has 3 unspecified atom stereocenters. The number of rotatable bonds is 3. The summed E-state index contributed by atoms with van der Waals surface area (Å²) in [6.45, 7) is 2.97. The Balaban J connectivity index is 1.63. The number of anilines is 1. The third-order valence-corrected chi connectivity index (χ3v) is 5.44. The van der Waals surface area contributed by atoms with E-state index in [0.717, 1.165) is 46.9 Å². The van der Waals surface area contributed by atoms with Crippen LogP contribution in [0.15, 0.2) is 18.2 Å². The van der Waals surface area contributed by atoms with Crippen LogP contribution in [0.2, 0.25) is 0 Å². The van der Waals surface area contributed by atoms with Gasteiger partial charge in [0.1, 0.15) is 0 Å². The molecular weight excluding hydrogens is 262 g/mol. The summed E-state index contributed by atoms with van der Waals surface area (Å²) >= 11 is 0. The largest absolute Gasteiger partial charge is 0.398 e. The molecule has 2 aromatic rings. The third kappa shape index (κ3) is 2.11. The molecule has 0 spiro atoms. The number of hydrogen-bond acceptors (Lipinski definition) is 4. The number of aromatic nitrogens is 4. The summed E-state index contributed by atoms with van der Waals surface area (Å²) in [5.74, 6) is 3.43. The van der Waals surface area contributed by atoms with E-state index in [1.807, 2.05) is 23.7 Å². The van der Waals surface area contributed by atoms with Crippen molar-refractivity contribution in [1.82, 2.24) is 20.2 Å². The summed E-state index contributed by atoms with van der Waals surface area (Å²) in [6, 6.07) is 5.94. The van der Waals surface area contributed by atoms with Gasteiger partial charge in [0.25, 0.3) is 0 Å². The van der Waals surface area contributed by atoms with E-state index in [9.17, 15) is 0 Å². The number of benzene rings is 1. The lowest BCUT2D eigenvalue weighted by atomic mass is 9.89. The van der Waals surface area contributed by atoms with E-state index in [-0.39, 0.29) is 0 Å². The van der Waals surface area contributed by atoms with Crippen LogP contribution in [0.3, 0.4) is 0 Å². The van der Waals surface area contributed by atoms with Gasteiger partial charge in [0, 0.05) is 17.8 Å². The second-order valence-electron chi connectivity index (χ2n) is 6.64. The number of hydrogen-bond donors (Lipinski definition) is 1. The van der Waals surface area contributed by atoms with Crippen molar-refractivity contribution in [2.45, 2.75) is 39.2 Å². The molecule has 5 nitrogen and oxygen atoms in total. The van der Waals surface area contributed by atoms with Crippen molar-refractivity contribution in [3.05, 3.63) is 23.8 Å². The zero-order valence-corrected chi connectivity index (χ0v) is 12.4. The fourth-order valence-electron chi connectivity index (χ4n) is 4.24. The van der Waals surface area contributed by atoms with Crippen LogP contribution in [0, 0.1) is 24.7 Å². The first-order chi connectivity index (χ1) is 10.2. The average Bonchev–Trinajstić information content (AvgIpc) is 3.18. The van der Waals surface area contributed by atoms with Crippen LogP contribution in [0.25, 0.3) is 11.4 Å². The van der Waals surface area contributed by atoms with Crippen molar-refractivity contribution in [2.24, 2.45) is 17.8 Å². The lowest BCUT2D eigenvalue weighted by molar-refractivity contribution is 0.284. The standard InChI is InChI=1S/C16H21N5/c1-10-14(3-2-4-15(10)17)16-18-19-20-21(16)9-13-8-11-5-6-12(13)7-11/h2-4,11-13H,5-9,17H2,1H3. The maximum absolute atomic E-state index is 6.01. The monoisotopic (exact) mass is 283 g/mol. The van der Waals surface area contributed by atoms with Crippen LogP contribution < -0.4 is 5.73 Å². The number of nitrogens with zero attached hydrogens (tertiary/aromatic N) is 4. The zero-order chi connectivity index (χ0) is 14.4. The van der Waals surface area contributed by atoms with Gasteiger partial charge in [-0.3, -0.25) is 0 Å². The van der Waals surface area contributed by atoms with Crippen LogP contribution in [-0.4, -0.2) is 20.2 Å². The summed E-state index contributed by atoms with van der Waals surface area (Å²) in [5.41, 5.74) is 8.91. The van der Waals surface area contributed by atoms with Gasteiger partial charge in [0.15, 0.2) is 5.82 Å². The second kappa shape index (κ2) is 4.83. The number of nitrogens with two attached hydrogens (primary N) is 1. The normalized spacial score (nSPS) is 27.4. The van der Waals surface area contributed by atoms with E-state index in [1.54, 1.807) is 0 Å². The molecule has 0 aliphatic heterocycles. The Morgan fingerprint density at radius 3 is 2.95 bits per heavy atom. The highest BCUT2D eigenvalue weighted by Crippen LogP contribution is 2.48. The third-order valence-electron chi connectivity index (χ3n) is 5.44. The van der Waals surface area contributed by atoms with Gasteiger partial charge in [0.05, 0.1) is 0 Å². The highest BCUT2D eigenvalue weighted by atomic mass is 15.5.